The minimum absolute atomic E-state index is 0.159. The normalized spacial score (nSPS) is 13.4. The highest BCUT2D eigenvalue weighted by atomic mass is 79.9. The lowest BCUT2D eigenvalue weighted by molar-refractivity contribution is -0.143. The smallest absolute Gasteiger partial charge is 0.329 e. The van der Waals surface area contributed by atoms with Gasteiger partial charge in [0.05, 0.1) is 0 Å². The first-order chi connectivity index (χ1) is 9.28. The number of benzene rings is 1. The number of amides is 2. The molecule has 0 heterocycles. The number of aliphatic carboxylic acids is 1. The predicted octanol–water partition coefficient (Wildman–Crippen LogP) is 2.64. The molecule has 0 bridgehead atoms. The number of hydrogen-bond donors (Lipinski definition) is 3. The molecule has 1 rings (SSSR count). The molecule has 0 aliphatic rings. The van der Waals surface area contributed by atoms with E-state index < -0.39 is 17.5 Å². The van der Waals surface area contributed by atoms with Crippen molar-refractivity contribution in [3.63, 3.8) is 0 Å². The van der Waals surface area contributed by atoms with Gasteiger partial charge in [0.15, 0.2) is 0 Å². The van der Waals surface area contributed by atoms with Gasteiger partial charge in [-0.25, -0.2) is 14.0 Å². The number of nitrogens with one attached hydrogen (secondary N) is 2. The highest BCUT2D eigenvalue weighted by Crippen LogP contribution is 2.17. The van der Waals surface area contributed by atoms with E-state index in [1.807, 2.05) is 0 Å². The Balaban J connectivity index is 2.62. The van der Waals surface area contributed by atoms with Crippen LogP contribution in [-0.2, 0) is 11.3 Å². The van der Waals surface area contributed by atoms with Crippen molar-refractivity contribution in [3.05, 3.63) is 34.1 Å². The molecule has 1 aromatic rings. The Morgan fingerprint density at radius 3 is 2.60 bits per heavy atom. The number of carboxylic acid groups (broad SMARTS) is 1. The minimum Gasteiger partial charge on any atom is -0.480 e. The summed E-state index contributed by atoms with van der Waals surface area (Å²) in [6.45, 7) is 3.26. The van der Waals surface area contributed by atoms with Crippen molar-refractivity contribution in [3.8, 4) is 0 Å². The van der Waals surface area contributed by atoms with Gasteiger partial charge in [-0.15, -0.1) is 0 Å². The summed E-state index contributed by atoms with van der Waals surface area (Å²) in [5.74, 6) is -1.48. The van der Waals surface area contributed by atoms with E-state index in [4.69, 9.17) is 5.11 Å². The average molecular weight is 347 g/mol. The zero-order valence-corrected chi connectivity index (χ0v) is 12.8. The molecule has 0 aliphatic carbocycles. The number of carbonyl (C=O) groups excluding carboxylic acids is 1. The Hall–Kier alpha value is -1.63. The predicted molar refractivity (Wildman–Crippen MR) is 75.8 cm³/mol. The third-order valence-electron chi connectivity index (χ3n) is 3.02. The van der Waals surface area contributed by atoms with E-state index in [0.29, 0.717) is 10.0 Å². The molecule has 0 spiro atoms. The first-order valence-corrected chi connectivity index (χ1v) is 6.81. The highest BCUT2D eigenvalue weighted by molar-refractivity contribution is 9.10. The Morgan fingerprint density at radius 2 is 2.10 bits per heavy atom. The lowest BCUT2D eigenvalue weighted by atomic mass is 10.00. The summed E-state index contributed by atoms with van der Waals surface area (Å²) in [6.07, 6.45) is 0.260. The van der Waals surface area contributed by atoms with Crippen molar-refractivity contribution in [1.29, 1.82) is 0 Å². The van der Waals surface area contributed by atoms with Gasteiger partial charge in [0.1, 0.15) is 11.4 Å². The maximum Gasteiger partial charge on any atom is 0.329 e. The maximum absolute atomic E-state index is 12.9. The Bertz CT molecular complexity index is 524. The summed E-state index contributed by atoms with van der Waals surface area (Å²) in [6, 6.07) is 3.53. The summed E-state index contributed by atoms with van der Waals surface area (Å²) < 4.78 is 13.4. The van der Waals surface area contributed by atoms with Crippen molar-refractivity contribution in [1.82, 2.24) is 10.6 Å². The fraction of sp³-hybridized carbons (Fsp3) is 0.385. The quantitative estimate of drug-likeness (QED) is 0.766. The molecule has 2 amide bonds. The van der Waals surface area contributed by atoms with Gasteiger partial charge in [-0.1, -0.05) is 28.9 Å². The molecule has 0 radical (unpaired) electrons. The molecule has 0 aliphatic heterocycles. The second-order valence-electron chi connectivity index (χ2n) is 4.53. The summed E-state index contributed by atoms with van der Waals surface area (Å²) in [7, 11) is 0. The van der Waals surface area contributed by atoms with Gasteiger partial charge in [0, 0.05) is 11.0 Å². The number of carboxylic acids is 1. The van der Waals surface area contributed by atoms with Gasteiger partial charge in [-0.3, -0.25) is 0 Å². The van der Waals surface area contributed by atoms with Crippen LogP contribution >= 0.6 is 15.9 Å². The third-order valence-corrected chi connectivity index (χ3v) is 3.76. The molecule has 1 atom stereocenters. The molecule has 5 nitrogen and oxygen atoms in total. The second kappa shape index (κ2) is 6.69. The van der Waals surface area contributed by atoms with Gasteiger partial charge in [0.25, 0.3) is 0 Å². The topological polar surface area (TPSA) is 78.4 Å². The van der Waals surface area contributed by atoms with Crippen LogP contribution in [0.4, 0.5) is 9.18 Å². The molecule has 0 saturated carbocycles. The van der Waals surface area contributed by atoms with E-state index in [1.165, 1.54) is 25.1 Å². The molecular weight excluding hydrogens is 331 g/mol. The zero-order chi connectivity index (χ0) is 15.3. The molecule has 3 N–H and O–H groups in total. The number of carbonyl (C=O) groups is 2. The molecule has 110 valence electrons. The Morgan fingerprint density at radius 1 is 1.45 bits per heavy atom. The highest BCUT2D eigenvalue weighted by Gasteiger charge is 2.32. The summed E-state index contributed by atoms with van der Waals surface area (Å²) in [5, 5.41) is 14.0. The lowest BCUT2D eigenvalue weighted by Crippen LogP contribution is -2.54. The fourth-order valence-corrected chi connectivity index (χ4v) is 1.92. The van der Waals surface area contributed by atoms with Crippen molar-refractivity contribution < 1.29 is 19.1 Å². The van der Waals surface area contributed by atoms with Crippen LogP contribution < -0.4 is 10.6 Å². The van der Waals surface area contributed by atoms with Crippen LogP contribution in [-0.4, -0.2) is 22.6 Å². The molecule has 0 fully saturated rings. The van der Waals surface area contributed by atoms with Crippen LogP contribution in [0.1, 0.15) is 25.8 Å². The lowest BCUT2D eigenvalue weighted by Gasteiger charge is -2.24. The first kappa shape index (κ1) is 16.4. The van der Waals surface area contributed by atoms with Gasteiger partial charge < -0.3 is 15.7 Å². The standard InChI is InChI=1S/C13H16BrFN2O3/c1-3-13(2,11(18)19)17-12(20)16-7-8-4-5-9(15)6-10(8)14/h4-6H,3,7H2,1-2H3,(H,18,19)(H2,16,17,20). The van der Waals surface area contributed by atoms with Crippen LogP contribution in [0.25, 0.3) is 0 Å². The van der Waals surface area contributed by atoms with Crippen molar-refractivity contribution in [2.45, 2.75) is 32.4 Å². The van der Waals surface area contributed by atoms with E-state index in [0.717, 1.165) is 0 Å². The number of rotatable bonds is 5. The third kappa shape index (κ3) is 4.19. The van der Waals surface area contributed by atoms with E-state index in [1.54, 1.807) is 6.92 Å². The van der Waals surface area contributed by atoms with E-state index >= 15 is 0 Å². The van der Waals surface area contributed by atoms with Crippen LogP contribution in [0.2, 0.25) is 0 Å². The van der Waals surface area contributed by atoms with Crippen LogP contribution in [0, 0.1) is 5.82 Å². The van der Waals surface area contributed by atoms with Crippen LogP contribution in [0.5, 0.6) is 0 Å². The number of hydrogen-bond acceptors (Lipinski definition) is 2. The van der Waals surface area contributed by atoms with E-state index in [2.05, 4.69) is 26.6 Å². The average Bonchev–Trinajstić information content (AvgIpc) is 2.37. The monoisotopic (exact) mass is 346 g/mol. The first-order valence-electron chi connectivity index (χ1n) is 6.02. The van der Waals surface area contributed by atoms with Gasteiger partial charge in [0.2, 0.25) is 0 Å². The second-order valence-corrected chi connectivity index (χ2v) is 5.39. The largest absolute Gasteiger partial charge is 0.480 e. The number of halogens is 2. The van der Waals surface area contributed by atoms with E-state index in [-0.39, 0.29) is 18.8 Å². The fourth-order valence-electron chi connectivity index (χ4n) is 1.43. The summed E-state index contributed by atoms with van der Waals surface area (Å²) >= 11 is 3.19. The van der Waals surface area contributed by atoms with E-state index in [9.17, 15) is 14.0 Å². The van der Waals surface area contributed by atoms with Gasteiger partial charge >= 0.3 is 12.0 Å². The molecule has 0 saturated heterocycles. The SMILES string of the molecule is CCC(C)(NC(=O)NCc1ccc(F)cc1Br)C(=O)O. The molecule has 0 aromatic heterocycles. The molecule has 1 unspecified atom stereocenters. The summed E-state index contributed by atoms with van der Waals surface area (Å²) in [4.78, 5) is 22.8. The molecular formula is C13H16BrFN2O3. The minimum atomic E-state index is -1.32. The maximum atomic E-state index is 12.9. The van der Waals surface area contributed by atoms with Crippen LogP contribution in [0.3, 0.4) is 0 Å². The van der Waals surface area contributed by atoms with Gasteiger partial charge in [-0.05, 0) is 31.0 Å². The van der Waals surface area contributed by atoms with Crippen molar-refractivity contribution in [2.75, 3.05) is 0 Å². The zero-order valence-electron chi connectivity index (χ0n) is 11.2. The molecule has 1 aromatic carbocycles. The van der Waals surface area contributed by atoms with Gasteiger partial charge in [-0.2, -0.15) is 0 Å². The molecule has 20 heavy (non-hydrogen) atoms. The van der Waals surface area contributed by atoms with Crippen LogP contribution in [0.15, 0.2) is 22.7 Å². The number of urea groups is 1. The summed E-state index contributed by atoms with van der Waals surface area (Å²) in [5.41, 5.74) is -0.625. The van der Waals surface area contributed by atoms with Crippen molar-refractivity contribution >= 4 is 27.9 Å². The Labute approximate surface area is 124 Å². The van der Waals surface area contributed by atoms with Crippen molar-refractivity contribution in [2.24, 2.45) is 0 Å². The Kier molecular flexibility index (Phi) is 5.50. The molecule has 7 heteroatoms.